The summed E-state index contributed by atoms with van der Waals surface area (Å²) in [4.78, 5) is 0. The minimum atomic E-state index is 0. The number of hydrogen-bond donors (Lipinski definition) is 0. The molecule has 136 valence electrons. The predicted octanol–water partition coefficient (Wildman–Crippen LogP) is -3.01. The summed E-state index contributed by atoms with van der Waals surface area (Å²) in [6.45, 7) is 8.93. The SMILES string of the molecule is CC1=C(C)C(C(c2cccc(C)c2)c2cccc(C)c2)=[C]([Ti+3])C1.[Cl-].[Cl-].[Cl-]. The molecule has 0 aliphatic heterocycles. The van der Waals surface area contributed by atoms with Gasteiger partial charge >= 0.3 is 152 Å². The van der Waals surface area contributed by atoms with Crippen molar-refractivity contribution in [2.75, 3.05) is 0 Å². The Labute approximate surface area is 188 Å². The van der Waals surface area contributed by atoms with E-state index >= 15 is 0 Å². The molecule has 0 unspecified atom stereocenters. The second kappa shape index (κ2) is 10.7. The van der Waals surface area contributed by atoms with Crippen molar-refractivity contribution in [3.63, 3.8) is 0 Å². The van der Waals surface area contributed by atoms with Crippen LogP contribution in [0.5, 0.6) is 0 Å². The van der Waals surface area contributed by atoms with Crippen LogP contribution in [-0.4, -0.2) is 0 Å². The van der Waals surface area contributed by atoms with Crippen LogP contribution in [0, 0.1) is 13.8 Å². The quantitative estimate of drug-likeness (QED) is 0.445. The van der Waals surface area contributed by atoms with E-state index in [4.69, 9.17) is 0 Å². The molecule has 1 aliphatic carbocycles. The Kier molecular flexibility index (Phi) is 10.5. The largest absolute Gasteiger partial charge is 1.00 e. The normalized spacial score (nSPS) is 13.3. The molecule has 26 heavy (non-hydrogen) atoms. The van der Waals surface area contributed by atoms with Crippen molar-refractivity contribution in [1.29, 1.82) is 0 Å². The first-order valence-corrected chi connectivity index (χ1v) is 9.00. The molecule has 0 bridgehead atoms. The Bertz CT molecular complexity index is 776. The molecule has 0 N–H and O–H groups in total. The zero-order valence-corrected chi connectivity index (χ0v) is 19.4. The van der Waals surface area contributed by atoms with Crippen molar-refractivity contribution in [1.82, 2.24) is 0 Å². The predicted molar refractivity (Wildman–Crippen MR) is 94.2 cm³/mol. The molecule has 3 rings (SSSR count). The maximum Gasteiger partial charge on any atom is -1.00 e. The third kappa shape index (κ3) is 5.27. The number of allylic oxidation sites excluding steroid dienone is 4. The molecule has 0 atom stereocenters. The van der Waals surface area contributed by atoms with Crippen LogP contribution in [0.25, 0.3) is 0 Å². The minimum absolute atomic E-state index is 0. The van der Waals surface area contributed by atoms with Crippen LogP contribution in [-0.2, 0) is 20.4 Å². The van der Waals surface area contributed by atoms with Gasteiger partial charge in [0.15, 0.2) is 0 Å². The van der Waals surface area contributed by atoms with Crippen LogP contribution in [0.3, 0.4) is 0 Å². The molecular formula is C22H23Cl3Ti. The molecule has 1 aliphatic rings. The topological polar surface area (TPSA) is 0 Å². The maximum atomic E-state index is 2.34. The fourth-order valence-corrected chi connectivity index (χ4v) is 4.50. The zero-order valence-electron chi connectivity index (χ0n) is 15.5. The molecule has 4 heteroatoms. The van der Waals surface area contributed by atoms with Crippen LogP contribution < -0.4 is 37.2 Å². The molecule has 0 saturated carbocycles. The summed E-state index contributed by atoms with van der Waals surface area (Å²) in [6.07, 6.45) is 1.12. The molecule has 0 amide bonds. The number of hydrogen-bond acceptors (Lipinski definition) is 0. The van der Waals surface area contributed by atoms with E-state index in [2.05, 4.69) is 96.7 Å². The molecule has 0 radical (unpaired) electrons. The van der Waals surface area contributed by atoms with Crippen molar-refractivity contribution < 1.29 is 57.7 Å². The standard InChI is InChI=1S/C22H23.3ClH.Ti/c1-15-7-5-9-19(13-15)22(20-10-6-8-16(2)14-20)21-12-11-17(3)18(21)4;;;;/h5-10,13-14,22H,11H2,1-4H3;3*1H;/q;;;;+3/p-3. The molecule has 2 aromatic rings. The van der Waals surface area contributed by atoms with Gasteiger partial charge in [-0.2, -0.15) is 0 Å². The smallest absolute Gasteiger partial charge is 1.00 e. The third-order valence-electron chi connectivity index (χ3n) is 4.85. The van der Waals surface area contributed by atoms with Gasteiger partial charge in [0.1, 0.15) is 0 Å². The first kappa shape index (κ1) is 25.5. The average Bonchev–Trinajstić information content (AvgIpc) is 2.74. The van der Waals surface area contributed by atoms with E-state index in [0.29, 0.717) is 5.92 Å². The Morgan fingerprint density at radius 3 is 1.58 bits per heavy atom. The van der Waals surface area contributed by atoms with Gasteiger partial charge in [-0.3, -0.25) is 0 Å². The van der Waals surface area contributed by atoms with Crippen LogP contribution in [0.15, 0.2) is 69.1 Å². The Morgan fingerprint density at radius 2 is 1.23 bits per heavy atom. The molecule has 0 heterocycles. The molecule has 0 fully saturated rings. The number of rotatable bonds is 3. The molecular weight excluding hydrogens is 418 g/mol. The molecule has 0 saturated heterocycles. The van der Waals surface area contributed by atoms with E-state index in [9.17, 15) is 0 Å². The Balaban J connectivity index is 0.00000208. The van der Waals surface area contributed by atoms with Crippen molar-refractivity contribution in [2.24, 2.45) is 0 Å². The summed E-state index contributed by atoms with van der Waals surface area (Å²) in [5.41, 5.74) is 9.99. The minimum Gasteiger partial charge on any atom is -1.00 e. The summed E-state index contributed by atoms with van der Waals surface area (Å²) >= 11 is 2.30. The van der Waals surface area contributed by atoms with Gasteiger partial charge in [0.2, 0.25) is 0 Å². The first-order chi connectivity index (χ1) is 11.0. The molecule has 2 aromatic carbocycles. The Morgan fingerprint density at radius 1 is 0.769 bits per heavy atom. The van der Waals surface area contributed by atoms with Gasteiger partial charge in [-0.25, -0.2) is 0 Å². The van der Waals surface area contributed by atoms with Crippen molar-refractivity contribution in [2.45, 2.75) is 40.0 Å². The maximum absolute atomic E-state index is 2.34. The van der Waals surface area contributed by atoms with Gasteiger partial charge in [0, 0.05) is 0 Å². The summed E-state index contributed by atoms with van der Waals surface area (Å²) in [5.74, 6) is 0.340. The van der Waals surface area contributed by atoms with Crippen LogP contribution in [0.2, 0.25) is 0 Å². The van der Waals surface area contributed by atoms with Gasteiger partial charge < -0.3 is 37.2 Å². The average molecular weight is 442 g/mol. The van der Waals surface area contributed by atoms with E-state index in [1.165, 1.54) is 42.9 Å². The van der Waals surface area contributed by atoms with Gasteiger partial charge in [0.05, 0.1) is 0 Å². The first-order valence-electron chi connectivity index (χ1n) is 8.22. The summed E-state index contributed by atoms with van der Waals surface area (Å²) in [7, 11) is 0. The monoisotopic (exact) mass is 440 g/mol. The van der Waals surface area contributed by atoms with E-state index in [0.717, 1.165) is 6.42 Å². The van der Waals surface area contributed by atoms with Gasteiger partial charge in [0.25, 0.3) is 0 Å². The fraction of sp³-hybridized carbons (Fsp3) is 0.273. The summed E-state index contributed by atoms with van der Waals surface area (Å²) in [5, 5.41) is 0. The van der Waals surface area contributed by atoms with Crippen molar-refractivity contribution in [3.8, 4) is 0 Å². The molecule has 0 aromatic heterocycles. The number of benzene rings is 2. The van der Waals surface area contributed by atoms with Gasteiger partial charge in [-0.15, -0.1) is 0 Å². The second-order valence-corrected chi connectivity index (χ2v) is 7.68. The zero-order chi connectivity index (χ0) is 16.6. The van der Waals surface area contributed by atoms with Crippen molar-refractivity contribution in [3.05, 3.63) is 91.4 Å². The van der Waals surface area contributed by atoms with Crippen LogP contribution >= 0.6 is 0 Å². The number of aryl methyl sites for hydroxylation is 2. The summed E-state index contributed by atoms with van der Waals surface area (Å²) < 4.78 is 1.52. The molecule has 0 spiro atoms. The third-order valence-corrected chi connectivity index (χ3v) is 5.55. The van der Waals surface area contributed by atoms with Crippen molar-refractivity contribution >= 4 is 0 Å². The second-order valence-electron chi connectivity index (χ2n) is 6.74. The van der Waals surface area contributed by atoms with Gasteiger partial charge in [-0.05, 0) is 0 Å². The van der Waals surface area contributed by atoms with Crippen LogP contribution in [0.1, 0.15) is 48.4 Å². The number of halogens is 3. The van der Waals surface area contributed by atoms with E-state index in [1.807, 2.05) is 0 Å². The van der Waals surface area contributed by atoms with E-state index in [1.54, 1.807) is 0 Å². The van der Waals surface area contributed by atoms with Gasteiger partial charge in [-0.1, -0.05) is 0 Å². The molecule has 0 nitrogen and oxygen atoms in total. The van der Waals surface area contributed by atoms with Crippen LogP contribution in [0.4, 0.5) is 0 Å². The van der Waals surface area contributed by atoms with E-state index in [-0.39, 0.29) is 37.2 Å². The summed E-state index contributed by atoms with van der Waals surface area (Å²) in [6, 6.07) is 18.0. The van der Waals surface area contributed by atoms with E-state index < -0.39 is 0 Å². The Hall–Kier alpha value is -0.496. The fourth-order valence-electron chi connectivity index (χ4n) is 3.57.